The Morgan fingerprint density at radius 3 is 2.45 bits per heavy atom. The van der Waals surface area contributed by atoms with Gasteiger partial charge in [-0.1, -0.05) is 18.2 Å². The van der Waals surface area contributed by atoms with Gasteiger partial charge in [0.05, 0.1) is 5.56 Å². The molecule has 0 saturated carbocycles. The fraction of sp³-hybridized carbons (Fsp3) is 0.190. The highest BCUT2D eigenvalue weighted by Gasteiger charge is 2.30. The first-order valence-corrected chi connectivity index (χ1v) is 8.75. The quantitative estimate of drug-likeness (QED) is 0.510. The molecular formula is C21H19F3N4O. The molecule has 0 bridgehead atoms. The molecule has 3 aromatic rings. The number of hydrogen-bond donors (Lipinski definition) is 2. The van der Waals surface area contributed by atoms with Gasteiger partial charge in [-0.25, -0.2) is 0 Å². The van der Waals surface area contributed by atoms with Gasteiger partial charge in [0.25, 0.3) is 5.56 Å². The van der Waals surface area contributed by atoms with Gasteiger partial charge in [-0.15, -0.1) is 0 Å². The van der Waals surface area contributed by atoms with Crippen LogP contribution in [0.15, 0.2) is 59.7 Å². The minimum absolute atomic E-state index is 0.0299. The normalized spacial score (nSPS) is 11.5. The summed E-state index contributed by atoms with van der Waals surface area (Å²) in [5.74, 6) is -0.0299. The monoisotopic (exact) mass is 400 g/mol. The lowest BCUT2D eigenvalue weighted by atomic mass is 10.1. The van der Waals surface area contributed by atoms with E-state index in [9.17, 15) is 18.0 Å². The summed E-state index contributed by atoms with van der Waals surface area (Å²) in [6, 6.07) is 9.77. The number of rotatable bonds is 3. The largest absolute Gasteiger partial charge is 0.416 e. The molecule has 3 rings (SSSR count). The summed E-state index contributed by atoms with van der Waals surface area (Å²) in [6.07, 6.45) is -1.27. The van der Waals surface area contributed by atoms with Crippen LogP contribution >= 0.6 is 0 Å². The van der Waals surface area contributed by atoms with E-state index in [0.29, 0.717) is 16.7 Å². The van der Waals surface area contributed by atoms with Gasteiger partial charge in [0.2, 0.25) is 0 Å². The molecule has 0 radical (unpaired) electrons. The molecule has 8 heteroatoms. The van der Waals surface area contributed by atoms with Gasteiger partial charge in [-0.2, -0.15) is 13.2 Å². The predicted molar refractivity (Wildman–Crippen MR) is 104 cm³/mol. The maximum Gasteiger partial charge on any atom is 0.416 e. The van der Waals surface area contributed by atoms with Crippen LogP contribution in [0.3, 0.4) is 0 Å². The second-order valence-corrected chi connectivity index (χ2v) is 6.82. The Morgan fingerprint density at radius 1 is 1.07 bits per heavy atom. The van der Waals surface area contributed by atoms with Gasteiger partial charge in [-0.3, -0.25) is 20.2 Å². The summed E-state index contributed by atoms with van der Waals surface area (Å²) in [4.78, 5) is 11.9. The van der Waals surface area contributed by atoms with Gasteiger partial charge in [0.1, 0.15) is 11.3 Å². The van der Waals surface area contributed by atoms with Crippen molar-refractivity contribution in [2.24, 2.45) is 7.05 Å². The Bertz CT molecular complexity index is 1180. The minimum atomic E-state index is -4.45. The SMILES string of the molecule is Cc1cc(-c2ccc(=N)n(C(=N)Cc3cccc(C(F)(F)F)c3)c2)cn(C)c1=O. The van der Waals surface area contributed by atoms with Crippen LogP contribution in [0, 0.1) is 17.7 Å². The van der Waals surface area contributed by atoms with E-state index in [2.05, 4.69) is 0 Å². The molecule has 1 aromatic carbocycles. The summed E-state index contributed by atoms with van der Waals surface area (Å²) >= 11 is 0. The van der Waals surface area contributed by atoms with Crippen LogP contribution in [-0.2, 0) is 19.6 Å². The van der Waals surface area contributed by atoms with Crippen LogP contribution in [0.5, 0.6) is 0 Å². The standard InChI is InChI=1S/C21H19F3N4O/c1-13-8-16(11-27(2)20(13)29)15-6-7-18(25)28(12-15)19(26)10-14-4-3-5-17(9-14)21(22,23)24/h3-9,11-12,25-26H,10H2,1-2H3. The molecule has 0 atom stereocenters. The van der Waals surface area contributed by atoms with Crippen LogP contribution in [0.1, 0.15) is 16.7 Å². The van der Waals surface area contributed by atoms with Gasteiger partial charge in [0.15, 0.2) is 0 Å². The van der Waals surface area contributed by atoms with E-state index in [-0.39, 0.29) is 23.3 Å². The number of aryl methyl sites for hydroxylation is 2. The van der Waals surface area contributed by atoms with Crippen molar-refractivity contribution in [1.82, 2.24) is 9.13 Å². The van der Waals surface area contributed by atoms with Crippen LogP contribution in [0.4, 0.5) is 13.2 Å². The Morgan fingerprint density at radius 2 is 1.79 bits per heavy atom. The zero-order valence-corrected chi connectivity index (χ0v) is 15.8. The smallest absolute Gasteiger partial charge is 0.318 e. The number of pyridine rings is 2. The molecule has 0 aliphatic rings. The lowest BCUT2D eigenvalue weighted by molar-refractivity contribution is -0.137. The van der Waals surface area contributed by atoms with E-state index in [4.69, 9.17) is 10.8 Å². The van der Waals surface area contributed by atoms with Gasteiger partial charge in [0, 0.05) is 31.4 Å². The number of benzene rings is 1. The summed E-state index contributed by atoms with van der Waals surface area (Å²) in [7, 11) is 1.64. The lowest BCUT2D eigenvalue weighted by Gasteiger charge is -2.13. The fourth-order valence-electron chi connectivity index (χ4n) is 3.07. The van der Waals surface area contributed by atoms with E-state index in [1.165, 1.54) is 27.3 Å². The Hall–Kier alpha value is -3.42. The maximum atomic E-state index is 12.9. The molecule has 0 spiro atoms. The topological polar surface area (TPSA) is 74.6 Å². The van der Waals surface area contributed by atoms with Gasteiger partial charge in [-0.05, 0) is 47.9 Å². The second-order valence-electron chi connectivity index (χ2n) is 6.82. The third-order valence-electron chi connectivity index (χ3n) is 4.56. The highest BCUT2D eigenvalue weighted by molar-refractivity contribution is 5.84. The fourth-order valence-corrected chi connectivity index (χ4v) is 3.07. The van der Waals surface area contributed by atoms with Crippen molar-refractivity contribution in [2.75, 3.05) is 0 Å². The molecule has 0 amide bonds. The maximum absolute atomic E-state index is 12.9. The number of aromatic nitrogens is 2. The van der Waals surface area contributed by atoms with E-state index >= 15 is 0 Å². The average Bonchev–Trinajstić information content (AvgIpc) is 2.65. The molecule has 2 N–H and O–H groups in total. The minimum Gasteiger partial charge on any atom is -0.318 e. The third kappa shape index (κ3) is 4.37. The summed E-state index contributed by atoms with van der Waals surface area (Å²) in [5.41, 5.74) is 1.47. The molecule has 29 heavy (non-hydrogen) atoms. The van der Waals surface area contributed by atoms with Crippen molar-refractivity contribution in [3.05, 3.63) is 87.4 Å². The molecule has 2 heterocycles. The van der Waals surface area contributed by atoms with Crippen molar-refractivity contribution < 1.29 is 13.2 Å². The predicted octanol–water partition coefficient (Wildman–Crippen LogP) is 3.73. The lowest BCUT2D eigenvalue weighted by Crippen LogP contribution is -2.27. The highest BCUT2D eigenvalue weighted by atomic mass is 19.4. The van der Waals surface area contributed by atoms with Crippen molar-refractivity contribution >= 4 is 5.84 Å². The zero-order chi connectivity index (χ0) is 21.3. The summed E-state index contributed by atoms with van der Waals surface area (Å²) < 4.78 is 41.5. The van der Waals surface area contributed by atoms with Crippen LogP contribution < -0.4 is 11.0 Å². The zero-order valence-electron chi connectivity index (χ0n) is 15.8. The first-order chi connectivity index (χ1) is 13.6. The third-order valence-corrected chi connectivity index (χ3v) is 4.56. The average molecular weight is 400 g/mol. The van der Waals surface area contributed by atoms with Gasteiger partial charge >= 0.3 is 6.18 Å². The Labute approximate surface area is 164 Å². The molecule has 0 aliphatic carbocycles. The van der Waals surface area contributed by atoms with Crippen molar-refractivity contribution in [1.29, 1.82) is 10.8 Å². The first-order valence-electron chi connectivity index (χ1n) is 8.75. The Kier molecular flexibility index (Phi) is 5.28. The van der Waals surface area contributed by atoms with E-state index in [1.807, 2.05) is 0 Å². The molecule has 0 aliphatic heterocycles. The molecule has 5 nitrogen and oxygen atoms in total. The molecule has 0 saturated heterocycles. The van der Waals surface area contributed by atoms with Crippen LogP contribution in [-0.4, -0.2) is 15.0 Å². The highest BCUT2D eigenvalue weighted by Crippen LogP contribution is 2.29. The van der Waals surface area contributed by atoms with Crippen molar-refractivity contribution in [2.45, 2.75) is 19.5 Å². The second kappa shape index (κ2) is 7.54. The molecule has 0 unspecified atom stereocenters. The number of alkyl halides is 3. The number of nitrogens with one attached hydrogen (secondary N) is 2. The van der Waals surface area contributed by atoms with Crippen LogP contribution in [0.2, 0.25) is 0 Å². The summed E-state index contributed by atoms with van der Waals surface area (Å²) in [5, 5.41) is 16.4. The van der Waals surface area contributed by atoms with E-state index < -0.39 is 11.7 Å². The number of hydrogen-bond acceptors (Lipinski definition) is 3. The van der Waals surface area contributed by atoms with E-state index in [1.54, 1.807) is 38.5 Å². The Balaban J connectivity index is 1.96. The number of halogens is 3. The number of nitrogens with zero attached hydrogens (tertiary/aromatic N) is 2. The molecule has 150 valence electrons. The molecule has 2 aromatic heterocycles. The van der Waals surface area contributed by atoms with E-state index in [0.717, 1.165) is 17.7 Å². The first kappa shape index (κ1) is 20.3. The summed E-state index contributed by atoms with van der Waals surface area (Å²) in [6.45, 7) is 1.70. The van der Waals surface area contributed by atoms with Crippen molar-refractivity contribution in [3.63, 3.8) is 0 Å². The van der Waals surface area contributed by atoms with Crippen LogP contribution in [0.25, 0.3) is 11.1 Å². The van der Waals surface area contributed by atoms with Gasteiger partial charge < -0.3 is 4.57 Å². The molecule has 0 fully saturated rings. The van der Waals surface area contributed by atoms with Crippen molar-refractivity contribution in [3.8, 4) is 11.1 Å². The molecular weight excluding hydrogens is 381 g/mol.